The fourth-order valence-electron chi connectivity index (χ4n) is 9.02. The molecule has 0 amide bonds. The Hall–Kier alpha value is -6.90. The molecule has 0 aliphatic carbocycles. The van der Waals surface area contributed by atoms with Gasteiger partial charge >= 0.3 is 0 Å². The third kappa shape index (κ3) is 7.90. The zero-order valence-corrected chi connectivity index (χ0v) is 36.9. The Labute approximate surface area is 368 Å². The van der Waals surface area contributed by atoms with Crippen LogP contribution in [0.15, 0.2) is 194 Å². The third-order valence-corrected chi connectivity index (χ3v) is 12.5. The van der Waals surface area contributed by atoms with E-state index in [4.69, 9.17) is 0 Å². The van der Waals surface area contributed by atoms with Gasteiger partial charge in [0.15, 0.2) is 0 Å². The second-order valence-electron chi connectivity index (χ2n) is 17.2. The summed E-state index contributed by atoms with van der Waals surface area (Å²) < 4.78 is 0. The minimum absolute atomic E-state index is 0.413. The molecule has 0 heterocycles. The van der Waals surface area contributed by atoms with Crippen LogP contribution in [0.2, 0.25) is 0 Å². The van der Waals surface area contributed by atoms with Crippen LogP contribution < -0.4 is 9.80 Å². The van der Waals surface area contributed by atoms with Crippen LogP contribution in [0.1, 0.15) is 75.6 Å². The van der Waals surface area contributed by atoms with Crippen molar-refractivity contribution in [3.8, 4) is 22.3 Å². The molecule has 0 saturated heterocycles. The van der Waals surface area contributed by atoms with Gasteiger partial charge in [-0.1, -0.05) is 163 Å². The molecule has 0 spiro atoms. The van der Waals surface area contributed by atoms with E-state index in [0.29, 0.717) is 11.8 Å². The molecular weight excluding hydrogens is 749 g/mol. The highest BCUT2D eigenvalue weighted by molar-refractivity contribution is 6.22. The molecule has 0 bridgehead atoms. The molecule has 0 N–H and O–H groups in total. The molecule has 306 valence electrons. The predicted molar refractivity (Wildman–Crippen MR) is 269 cm³/mol. The molecule has 2 heteroatoms. The van der Waals surface area contributed by atoms with Gasteiger partial charge in [-0.15, -0.1) is 0 Å². The van der Waals surface area contributed by atoms with Crippen molar-refractivity contribution in [2.45, 2.75) is 66.2 Å². The number of fused-ring (bicyclic) bond motifs is 2. The van der Waals surface area contributed by atoms with Gasteiger partial charge in [-0.05, 0) is 164 Å². The molecule has 2 nitrogen and oxygen atoms in total. The number of hydrogen-bond donors (Lipinski definition) is 0. The van der Waals surface area contributed by atoms with E-state index < -0.39 is 0 Å². The first-order valence-corrected chi connectivity index (χ1v) is 22.4. The minimum Gasteiger partial charge on any atom is -0.310 e. The lowest BCUT2D eigenvalue weighted by Crippen LogP contribution is -2.11. The Kier molecular flexibility index (Phi) is 11.5. The van der Waals surface area contributed by atoms with Crippen LogP contribution in [-0.2, 0) is 12.8 Å². The summed E-state index contributed by atoms with van der Waals surface area (Å²) in [5.41, 5.74) is 17.0. The highest BCUT2D eigenvalue weighted by Gasteiger charge is 2.22. The van der Waals surface area contributed by atoms with Gasteiger partial charge in [0.1, 0.15) is 0 Å². The molecule has 0 atom stereocenters. The van der Waals surface area contributed by atoms with Gasteiger partial charge in [-0.3, -0.25) is 0 Å². The van der Waals surface area contributed by atoms with Crippen molar-refractivity contribution < 1.29 is 0 Å². The van der Waals surface area contributed by atoms with Crippen molar-refractivity contribution >= 4 is 55.7 Å². The maximum Gasteiger partial charge on any atom is 0.0468 e. The molecule has 9 aromatic rings. The van der Waals surface area contributed by atoms with E-state index in [-0.39, 0.29) is 0 Å². The Morgan fingerprint density at radius 2 is 0.677 bits per heavy atom. The summed E-state index contributed by atoms with van der Waals surface area (Å²) in [7, 11) is 0. The Bertz CT molecular complexity index is 2760. The quantitative estimate of drug-likeness (QED) is 0.114. The third-order valence-electron chi connectivity index (χ3n) is 12.5. The van der Waals surface area contributed by atoms with E-state index in [1.54, 1.807) is 0 Å². The summed E-state index contributed by atoms with van der Waals surface area (Å²) in [4.78, 5) is 4.87. The normalized spacial score (nSPS) is 11.5. The highest BCUT2D eigenvalue weighted by atomic mass is 15.1. The number of nitrogens with zero attached hydrogens (tertiary/aromatic N) is 2. The number of benzene rings is 9. The van der Waals surface area contributed by atoms with Crippen molar-refractivity contribution in [3.05, 3.63) is 216 Å². The lowest BCUT2D eigenvalue weighted by Gasteiger charge is -2.29. The van der Waals surface area contributed by atoms with Gasteiger partial charge in [-0.2, -0.15) is 0 Å². The van der Waals surface area contributed by atoms with Crippen molar-refractivity contribution in [3.63, 3.8) is 0 Å². The number of hydrogen-bond acceptors (Lipinski definition) is 2. The van der Waals surface area contributed by atoms with E-state index in [0.717, 1.165) is 47.0 Å². The number of rotatable bonds is 12. The van der Waals surface area contributed by atoms with Crippen LogP contribution in [0.3, 0.4) is 0 Å². The fraction of sp³-hybridized carbons (Fsp3) is 0.167. The van der Waals surface area contributed by atoms with Gasteiger partial charge in [-0.25, -0.2) is 0 Å². The maximum absolute atomic E-state index is 2.44. The Balaban J connectivity index is 1.35. The Morgan fingerprint density at radius 3 is 1.03 bits per heavy atom. The zero-order chi connectivity index (χ0) is 42.7. The molecule has 9 rings (SSSR count). The van der Waals surface area contributed by atoms with Crippen LogP contribution in [0.25, 0.3) is 43.8 Å². The molecule has 0 aliphatic rings. The highest BCUT2D eigenvalue weighted by Crippen LogP contribution is 2.48. The molecule has 0 aliphatic heterocycles. The topological polar surface area (TPSA) is 6.48 Å². The van der Waals surface area contributed by atoms with E-state index in [9.17, 15) is 0 Å². The van der Waals surface area contributed by atoms with Gasteiger partial charge in [0.05, 0.1) is 0 Å². The van der Waals surface area contributed by atoms with Gasteiger partial charge in [0, 0.05) is 34.1 Å². The van der Waals surface area contributed by atoms with Gasteiger partial charge < -0.3 is 9.80 Å². The Morgan fingerprint density at radius 1 is 0.323 bits per heavy atom. The van der Waals surface area contributed by atoms with Gasteiger partial charge in [0.25, 0.3) is 0 Å². The number of anilines is 6. The first-order chi connectivity index (χ1) is 30.3. The molecular formula is C60H56N2. The van der Waals surface area contributed by atoms with E-state index in [1.165, 1.54) is 66.1 Å². The average Bonchev–Trinajstić information content (AvgIpc) is 3.32. The maximum atomic E-state index is 2.44. The summed E-state index contributed by atoms with van der Waals surface area (Å²) in [5.74, 6) is 0.826. The summed E-state index contributed by atoms with van der Waals surface area (Å²) in [6.45, 7) is 13.5. The zero-order valence-electron chi connectivity index (χ0n) is 36.9. The van der Waals surface area contributed by atoms with E-state index in [2.05, 4.69) is 245 Å². The van der Waals surface area contributed by atoms with Crippen LogP contribution in [0.4, 0.5) is 34.1 Å². The first-order valence-electron chi connectivity index (χ1n) is 22.4. The number of aryl methyl sites for hydroxylation is 2. The first kappa shape index (κ1) is 40.5. The second-order valence-corrected chi connectivity index (χ2v) is 17.2. The second kappa shape index (κ2) is 17.6. The van der Waals surface area contributed by atoms with Gasteiger partial charge in [0.2, 0.25) is 0 Å². The van der Waals surface area contributed by atoms with Crippen LogP contribution in [-0.4, -0.2) is 0 Å². The van der Waals surface area contributed by atoms with Crippen molar-refractivity contribution in [2.24, 2.45) is 0 Å². The van der Waals surface area contributed by atoms with E-state index in [1.807, 2.05) is 0 Å². The molecule has 0 unspecified atom stereocenters. The largest absolute Gasteiger partial charge is 0.310 e. The molecule has 62 heavy (non-hydrogen) atoms. The standard InChI is InChI=1S/C60H56N2/c1-7-43-25-29-49(30-26-43)61(51-23-15-21-47(37-51)41(3)4)53-33-35-55-57(39-53)59(45-17-11-9-12-18-45)56-36-34-54(40-58(56)60(55)46-19-13-10-14-20-46)62(50-31-27-44(8-2)28-32-50)52-24-16-22-48(38-52)42(5)6/h9-42H,7-8H2,1-6H3. The molecule has 0 saturated carbocycles. The predicted octanol–water partition coefficient (Wildman–Crippen LogP) is 17.6. The fourth-order valence-corrected chi connectivity index (χ4v) is 9.02. The summed E-state index contributed by atoms with van der Waals surface area (Å²) in [6.07, 6.45) is 2.01. The molecule has 0 radical (unpaired) electrons. The SMILES string of the molecule is CCc1ccc(N(c2cccc(C(C)C)c2)c2ccc3c(-c4ccccc4)c4cc(N(c5ccc(CC)cc5)c5cccc(C(C)C)c5)ccc4c(-c4ccccc4)c3c2)cc1. The van der Waals surface area contributed by atoms with Crippen LogP contribution >= 0.6 is 0 Å². The molecule has 9 aromatic carbocycles. The van der Waals surface area contributed by atoms with Crippen molar-refractivity contribution in [1.29, 1.82) is 0 Å². The van der Waals surface area contributed by atoms with Crippen molar-refractivity contribution in [1.82, 2.24) is 0 Å². The molecule has 0 aromatic heterocycles. The van der Waals surface area contributed by atoms with E-state index >= 15 is 0 Å². The summed E-state index contributed by atoms with van der Waals surface area (Å²) in [5, 5.41) is 4.89. The van der Waals surface area contributed by atoms with Crippen LogP contribution in [0, 0.1) is 0 Å². The molecule has 0 fully saturated rings. The monoisotopic (exact) mass is 804 g/mol. The summed E-state index contributed by atoms with van der Waals surface area (Å²) >= 11 is 0. The van der Waals surface area contributed by atoms with Crippen LogP contribution in [0.5, 0.6) is 0 Å². The van der Waals surface area contributed by atoms with Crippen molar-refractivity contribution in [2.75, 3.05) is 9.80 Å². The summed E-state index contributed by atoms with van der Waals surface area (Å²) in [6, 6.07) is 72.5. The minimum atomic E-state index is 0.413. The lowest BCUT2D eigenvalue weighted by atomic mass is 9.85. The lowest BCUT2D eigenvalue weighted by molar-refractivity contribution is 0.866. The smallest absolute Gasteiger partial charge is 0.0468 e. The average molecular weight is 805 g/mol.